The number of fused-ring (bicyclic) bond motifs is 2. The van der Waals surface area contributed by atoms with Gasteiger partial charge in [-0.05, 0) is 55.5 Å². The number of aromatic nitrogens is 1. The minimum Gasteiger partial charge on any atom is -0.462 e. The van der Waals surface area contributed by atoms with Gasteiger partial charge in [0.1, 0.15) is 6.10 Å². The maximum Gasteiger partial charge on any atom is 0.306 e. The van der Waals surface area contributed by atoms with Gasteiger partial charge in [0.25, 0.3) is 0 Å². The number of aliphatic hydroxyl groups is 1. The van der Waals surface area contributed by atoms with E-state index in [0.717, 1.165) is 40.3 Å². The summed E-state index contributed by atoms with van der Waals surface area (Å²) in [5, 5.41) is 19.4. The minimum atomic E-state index is -3.98. The van der Waals surface area contributed by atoms with Crippen LogP contribution in [0.5, 0.6) is 0 Å². The first-order chi connectivity index (χ1) is 23.1. The van der Waals surface area contributed by atoms with E-state index in [1.807, 2.05) is 51.1 Å². The van der Waals surface area contributed by atoms with Crippen molar-refractivity contribution in [2.24, 2.45) is 17.8 Å². The van der Waals surface area contributed by atoms with Gasteiger partial charge in [0.05, 0.1) is 46.8 Å². The van der Waals surface area contributed by atoms with Crippen molar-refractivity contribution in [1.29, 1.82) is 0 Å². The summed E-state index contributed by atoms with van der Waals surface area (Å²) < 4.78 is 48.2. The Morgan fingerprint density at radius 3 is 2.65 bits per heavy atom. The summed E-state index contributed by atoms with van der Waals surface area (Å²) in [4.78, 5) is 18.3. The standard InChI is InChI=1S/C35H48N4O7S2/c1-4-36-28-21-45-34-33(28)30(14-15-44-34)46-32(41)17-24(16-23-8-6-5-7-9-23)29(40)20-39(19-22(2)3)48(42,43)26-12-13-27-31(18-26)47-35(38-27)37-25-10-11-25/h5-9,12-13,18,22,24-25,28-30,33-34,36,40H,4,10-11,14-17,19-21H2,1-3H3,(H,37,38)/t24-,28+,29-,30+,33+,34+/m1/s1. The molecule has 0 radical (unpaired) electrons. The first kappa shape index (κ1) is 35.2. The van der Waals surface area contributed by atoms with Crippen LogP contribution < -0.4 is 10.6 Å². The van der Waals surface area contributed by atoms with Gasteiger partial charge in [0, 0.05) is 37.5 Å². The SMILES string of the molecule is CCN[C@H]1CO[C@@H]2OCC[C@H](OC(=O)C[C@@H](Cc3ccccc3)[C@H](O)CN(CC(C)C)S(=O)(=O)c3ccc4nc(NC5CC5)sc4c3)[C@@H]21. The van der Waals surface area contributed by atoms with Crippen molar-refractivity contribution in [2.45, 2.75) is 88.4 Å². The van der Waals surface area contributed by atoms with Gasteiger partial charge in [-0.15, -0.1) is 0 Å². The number of hydrogen-bond donors (Lipinski definition) is 3. The van der Waals surface area contributed by atoms with E-state index in [1.54, 1.807) is 18.2 Å². The maximum atomic E-state index is 14.2. The second-order valence-corrected chi connectivity index (χ2v) is 16.6. The van der Waals surface area contributed by atoms with Crippen LogP contribution >= 0.6 is 11.3 Å². The number of hydrogen-bond acceptors (Lipinski definition) is 11. The summed E-state index contributed by atoms with van der Waals surface area (Å²) in [6.45, 7) is 7.66. The zero-order valence-electron chi connectivity index (χ0n) is 27.9. The molecule has 0 unspecified atom stereocenters. The Morgan fingerprint density at radius 1 is 1.12 bits per heavy atom. The number of carbonyl (C=O) groups excluding carboxylic acids is 1. The summed E-state index contributed by atoms with van der Waals surface area (Å²) in [7, 11) is -3.98. The van der Waals surface area contributed by atoms with Crippen LogP contribution in [0.4, 0.5) is 5.13 Å². The van der Waals surface area contributed by atoms with E-state index < -0.39 is 34.3 Å². The van der Waals surface area contributed by atoms with Gasteiger partial charge in [-0.1, -0.05) is 62.4 Å². The predicted octanol–water partition coefficient (Wildman–Crippen LogP) is 4.41. The van der Waals surface area contributed by atoms with Crippen LogP contribution in [0.25, 0.3) is 10.2 Å². The molecule has 3 fully saturated rings. The average Bonchev–Trinajstić information content (AvgIpc) is 3.62. The van der Waals surface area contributed by atoms with Crippen LogP contribution in [-0.4, -0.2) is 92.2 Å². The van der Waals surface area contributed by atoms with Crippen molar-refractivity contribution in [1.82, 2.24) is 14.6 Å². The Morgan fingerprint density at radius 2 is 1.92 bits per heavy atom. The average molecular weight is 701 g/mol. The molecule has 6 atom stereocenters. The van der Waals surface area contributed by atoms with Crippen molar-refractivity contribution in [3.8, 4) is 0 Å². The number of ether oxygens (including phenoxy) is 3. The van der Waals surface area contributed by atoms with E-state index in [0.29, 0.717) is 32.1 Å². The lowest BCUT2D eigenvalue weighted by Gasteiger charge is -2.35. The number of anilines is 1. The zero-order chi connectivity index (χ0) is 33.8. The molecule has 2 saturated heterocycles. The highest BCUT2D eigenvalue weighted by Gasteiger charge is 2.47. The maximum absolute atomic E-state index is 14.2. The number of aliphatic hydroxyl groups excluding tert-OH is 1. The highest BCUT2D eigenvalue weighted by atomic mass is 32.2. The van der Waals surface area contributed by atoms with Crippen LogP contribution in [0.3, 0.4) is 0 Å². The summed E-state index contributed by atoms with van der Waals surface area (Å²) >= 11 is 1.45. The van der Waals surface area contributed by atoms with E-state index in [-0.39, 0.29) is 48.4 Å². The normalized spacial score (nSPS) is 24.1. The number of carbonyl (C=O) groups is 1. The smallest absolute Gasteiger partial charge is 0.306 e. The molecule has 2 aliphatic heterocycles. The molecule has 3 heterocycles. The van der Waals surface area contributed by atoms with Gasteiger partial charge < -0.3 is 30.0 Å². The monoisotopic (exact) mass is 700 g/mol. The van der Waals surface area contributed by atoms with Gasteiger partial charge in [-0.25, -0.2) is 13.4 Å². The third-order valence-electron chi connectivity index (χ3n) is 9.26. The van der Waals surface area contributed by atoms with Crippen LogP contribution in [0.2, 0.25) is 0 Å². The van der Waals surface area contributed by atoms with Crippen LogP contribution in [0.15, 0.2) is 53.4 Å². The molecule has 6 rings (SSSR count). The molecule has 2 aromatic carbocycles. The summed E-state index contributed by atoms with van der Waals surface area (Å²) in [6, 6.07) is 15.1. The van der Waals surface area contributed by atoms with Gasteiger partial charge >= 0.3 is 5.97 Å². The highest BCUT2D eigenvalue weighted by Crippen LogP contribution is 2.35. The molecule has 11 nitrogen and oxygen atoms in total. The van der Waals surface area contributed by atoms with Crippen molar-refractivity contribution < 1.29 is 32.5 Å². The molecule has 3 N–H and O–H groups in total. The fourth-order valence-corrected chi connectivity index (χ4v) is 9.40. The van der Waals surface area contributed by atoms with E-state index in [1.165, 1.54) is 15.6 Å². The third kappa shape index (κ3) is 8.55. The van der Waals surface area contributed by atoms with Gasteiger partial charge in [-0.2, -0.15) is 4.31 Å². The lowest BCUT2D eigenvalue weighted by Crippen LogP contribution is -2.49. The Balaban J connectivity index is 1.19. The van der Waals surface area contributed by atoms with E-state index >= 15 is 0 Å². The topological polar surface area (TPSA) is 139 Å². The van der Waals surface area contributed by atoms with E-state index in [4.69, 9.17) is 14.2 Å². The Kier molecular flexibility index (Phi) is 11.4. The molecule has 3 aliphatic rings. The van der Waals surface area contributed by atoms with Crippen LogP contribution in [-0.2, 0) is 35.4 Å². The highest BCUT2D eigenvalue weighted by molar-refractivity contribution is 7.89. The van der Waals surface area contributed by atoms with Crippen LogP contribution in [0, 0.1) is 17.8 Å². The Bertz CT molecular complexity index is 1630. The molecule has 13 heteroatoms. The number of esters is 1. The third-order valence-corrected chi connectivity index (χ3v) is 12.0. The summed E-state index contributed by atoms with van der Waals surface area (Å²) in [5.41, 5.74) is 1.69. The molecule has 1 saturated carbocycles. The molecular weight excluding hydrogens is 653 g/mol. The molecule has 1 aromatic heterocycles. The van der Waals surface area contributed by atoms with Crippen molar-refractivity contribution in [3.63, 3.8) is 0 Å². The summed E-state index contributed by atoms with van der Waals surface area (Å²) in [6.07, 6.45) is 1.20. The molecule has 262 valence electrons. The predicted molar refractivity (Wildman–Crippen MR) is 185 cm³/mol. The van der Waals surface area contributed by atoms with Gasteiger partial charge in [-0.3, -0.25) is 4.79 Å². The first-order valence-corrected chi connectivity index (χ1v) is 19.4. The molecule has 3 aromatic rings. The van der Waals surface area contributed by atoms with Gasteiger partial charge in [0.2, 0.25) is 10.0 Å². The zero-order valence-corrected chi connectivity index (χ0v) is 29.5. The number of rotatable bonds is 16. The van der Waals surface area contributed by atoms with Crippen molar-refractivity contribution in [2.75, 3.05) is 38.2 Å². The second-order valence-electron chi connectivity index (χ2n) is 13.6. The van der Waals surface area contributed by atoms with Crippen molar-refractivity contribution >= 4 is 42.7 Å². The van der Waals surface area contributed by atoms with E-state index in [2.05, 4.69) is 15.6 Å². The molecule has 0 amide bonds. The number of benzene rings is 2. The van der Waals surface area contributed by atoms with Gasteiger partial charge in [0.15, 0.2) is 11.4 Å². The number of nitrogens with one attached hydrogen (secondary N) is 2. The Hall–Kier alpha value is -2.65. The largest absolute Gasteiger partial charge is 0.462 e. The molecule has 1 aliphatic carbocycles. The lowest BCUT2D eigenvalue weighted by molar-refractivity contribution is -0.196. The molecular formula is C35H48N4O7S2. The van der Waals surface area contributed by atoms with Crippen molar-refractivity contribution in [3.05, 3.63) is 54.1 Å². The van der Waals surface area contributed by atoms with Crippen LogP contribution in [0.1, 0.15) is 52.0 Å². The Labute approximate surface area is 287 Å². The number of sulfonamides is 1. The fraction of sp³-hybridized carbons (Fsp3) is 0.600. The fourth-order valence-electron chi connectivity index (χ4n) is 6.70. The molecule has 0 spiro atoms. The number of likely N-dealkylation sites (N-methyl/N-ethyl adjacent to an activating group) is 1. The number of thiazole rings is 1. The van der Waals surface area contributed by atoms with E-state index in [9.17, 15) is 18.3 Å². The molecule has 48 heavy (non-hydrogen) atoms. The minimum absolute atomic E-state index is 0.00534. The second kappa shape index (κ2) is 15.5. The first-order valence-electron chi connectivity index (χ1n) is 17.2. The quantitative estimate of drug-likeness (QED) is 0.184. The number of nitrogens with zero attached hydrogens (tertiary/aromatic N) is 2. The molecule has 0 bridgehead atoms. The lowest BCUT2D eigenvalue weighted by atomic mass is 9.89. The summed E-state index contributed by atoms with van der Waals surface area (Å²) in [5.74, 6) is -1.12.